The number of hydrogen-bond acceptors (Lipinski definition) is 3. The molecule has 0 aliphatic carbocycles. The van der Waals surface area contributed by atoms with Crippen molar-refractivity contribution in [2.45, 2.75) is 46.0 Å². The Morgan fingerprint density at radius 3 is 2.29 bits per heavy atom. The summed E-state index contributed by atoms with van der Waals surface area (Å²) in [4.78, 5) is 4.48. The van der Waals surface area contributed by atoms with Crippen LogP contribution in [0.4, 0.5) is 5.82 Å². The van der Waals surface area contributed by atoms with Crippen molar-refractivity contribution in [2.75, 3.05) is 11.6 Å². The lowest BCUT2D eigenvalue weighted by atomic mass is 9.92. The topological polar surface area (TPSA) is 69.9 Å². The lowest BCUT2D eigenvalue weighted by Crippen LogP contribution is -2.18. The molecule has 0 aromatic carbocycles. The normalized spacial score (nSPS) is 12.0. The van der Waals surface area contributed by atoms with Gasteiger partial charge in [-0.15, -0.1) is 0 Å². The van der Waals surface area contributed by atoms with Gasteiger partial charge in [-0.25, -0.2) is 9.66 Å². The summed E-state index contributed by atoms with van der Waals surface area (Å²) < 4.78 is 1.50. The Labute approximate surface area is 85.3 Å². The summed E-state index contributed by atoms with van der Waals surface area (Å²) in [6.45, 7) is 8.35. The summed E-state index contributed by atoms with van der Waals surface area (Å²) in [6, 6.07) is 0. The fourth-order valence-electron chi connectivity index (χ4n) is 1.45. The number of nitrogens with two attached hydrogens (primary N) is 2. The second-order valence-electron chi connectivity index (χ2n) is 4.63. The summed E-state index contributed by atoms with van der Waals surface area (Å²) in [6.07, 6.45) is 1.90. The number of aryl methyl sites for hydroxylation is 1. The van der Waals surface area contributed by atoms with Gasteiger partial charge in [0.15, 0.2) is 0 Å². The molecule has 0 saturated carbocycles. The largest absolute Gasteiger partial charge is 0.382 e. The summed E-state index contributed by atoms with van der Waals surface area (Å²) in [5.41, 5.74) is 6.74. The summed E-state index contributed by atoms with van der Waals surface area (Å²) in [7, 11) is 0. The molecular weight excluding hydrogens is 176 g/mol. The van der Waals surface area contributed by atoms with E-state index in [1.165, 1.54) is 4.68 Å². The molecule has 4 N–H and O–H groups in total. The number of imidazole rings is 1. The Bertz CT molecular complexity index is 320. The highest BCUT2D eigenvalue weighted by Gasteiger charge is 2.23. The lowest BCUT2D eigenvalue weighted by Gasteiger charge is -2.15. The van der Waals surface area contributed by atoms with Crippen molar-refractivity contribution in [2.24, 2.45) is 0 Å². The van der Waals surface area contributed by atoms with Crippen LogP contribution in [0.15, 0.2) is 0 Å². The molecule has 0 radical (unpaired) electrons. The molecule has 14 heavy (non-hydrogen) atoms. The molecule has 0 spiro atoms. The van der Waals surface area contributed by atoms with E-state index in [9.17, 15) is 0 Å². The fourth-order valence-corrected chi connectivity index (χ4v) is 1.45. The highest BCUT2D eigenvalue weighted by Crippen LogP contribution is 2.26. The minimum atomic E-state index is -0.0444. The third kappa shape index (κ3) is 1.84. The number of nitrogen functional groups attached to an aromatic ring is 2. The van der Waals surface area contributed by atoms with Crippen LogP contribution in [0, 0.1) is 0 Å². The zero-order valence-corrected chi connectivity index (χ0v) is 9.46. The molecule has 0 aliphatic heterocycles. The van der Waals surface area contributed by atoms with Crippen LogP contribution >= 0.6 is 0 Å². The first-order chi connectivity index (χ1) is 6.38. The van der Waals surface area contributed by atoms with Crippen LogP contribution < -0.4 is 11.6 Å². The van der Waals surface area contributed by atoms with Gasteiger partial charge in [-0.1, -0.05) is 27.7 Å². The third-order valence-corrected chi connectivity index (χ3v) is 2.21. The third-order valence-electron chi connectivity index (χ3n) is 2.21. The first-order valence-electron chi connectivity index (χ1n) is 5.00. The number of aromatic nitrogens is 2. The first kappa shape index (κ1) is 10.9. The van der Waals surface area contributed by atoms with Crippen molar-refractivity contribution in [3.05, 3.63) is 11.5 Å². The van der Waals surface area contributed by atoms with Gasteiger partial charge < -0.3 is 11.6 Å². The lowest BCUT2D eigenvalue weighted by molar-refractivity contribution is 0.572. The molecule has 80 valence electrons. The second-order valence-corrected chi connectivity index (χ2v) is 4.63. The maximum atomic E-state index is 5.90. The van der Waals surface area contributed by atoms with Crippen LogP contribution in [0.25, 0.3) is 0 Å². The van der Waals surface area contributed by atoms with Crippen LogP contribution in [-0.4, -0.2) is 9.66 Å². The highest BCUT2D eigenvalue weighted by atomic mass is 15.4. The van der Waals surface area contributed by atoms with Crippen LogP contribution in [-0.2, 0) is 11.8 Å². The molecule has 0 bridgehead atoms. The van der Waals surface area contributed by atoms with Gasteiger partial charge >= 0.3 is 0 Å². The van der Waals surface area contributed by atoms with Crippen molar-refractivity contribution in [3.8, 4) is 0 Å². The Morgan fingerprint density at radius 2 is 1.93 bits per heavy atom. The van der Waals surface area contributed by atoms with E-state index in [2.05, 4.69) is 32.7 Å². The predicted molar refractivity (Wildman–Crippen MR) is 59.5 cm³/mol. The van der Waals surface area contributed by atoms with Crippen molar-refractivity contribution in [3.63, 3.8) is 0 Å². The Hall–Kier alpha value is -1.19. The molecule has 0 amide bonds. The number of rotatable bonds is 2. The average molecular weight is 196 g/mol. The van der Waals surface area contributed by atoms with Crippen LogP contribution in [0.5, 0.6) is 0 Å². The zero-order chi connectivity index (χ0) is 10.9. The number of anilines is 1. The minimum Gasteiger partial charge on any atom is -0.382 e. The molecule has 0 atom stereocenters. The van der Waals surface area contributed by atoms with E-state index in [1.54, 1.807) is 0 Å². The highest BCUT2D eigenvalue weighted by molar-refractivity contribution is 5.42. The molecule has 1 aromatic rings. The molecule has 0 unspecified atom stereocenters. The van der Waals surface area contributed by atoms with Gasteiger partial charge in [0.2, 0.25) is 0 Å². The SMILES string of the molecule is CCCc1nc(C(C)(C)C)c(N)n1N. The van der Waals surface area contributed by atoms with Crippen molar-refractivity contribution >= 4 is 5.82 Å². The zero-order valence-electron chi connectivity index (χ0n) is 9.46. The van der Waals surface area contributed by atoms with Crippen molar-refractivity contribution < 1.29 is 0 Å². The predicted octanol–water partition coefficient (Wildman–Crippen LogP) is 1.43. The van der Waals surface area contributed by atoms with E-state index in [0.717, 1.165) is 24.4 Å². The molecule has 0 fully saturated rings. The Kier molecular flexibility index (Phi) is 2.73. The molecule has 1 aromatic heterocycles. The van der Waals surface area contributed by atoms with Gasteiger partial charge in [-0.2, -0.15) is 0 Å². The van der Waals surface area contributed by atoms with Gasteiger partial charge in [-0.3, -0.25) is 0 Å². The smallest absolute Gasteiger partial charge is 0.146 e. The van der Waals surface area contributed by atoms with Gasteiger partial charge in [0.1, 0.15) is 11.6 Å². The molecule has 1 heterocycles. The van der Waals surface area contributed by atoms with Gasteiger partial charge in [0, 0.05) is 11.8 Å². The van der Waals surface area contributed by atoms with E-state index < -0.39 is 0 Å². The molecule has 1 rings (SSSR count). The molecular formula is C10H20N4. The van der Waals surface area contributed by atoms with Gasteiger partial charge in [0.05, 0.1) is 5.69 Å². The van der Waals surface area contributed by atoms with Crippen LogP contribution in [0.2, 0.25) is 0 Å². The van der Waals surface area contributed by atoms with Crippen LogP contribution in [0.1, 0.15) is 45.6 Å². The maximum absolute atomic E-state index is 5.90. The Morgan fingerprint density at radius 1 is 1.36 bits per heavy atom. The number of nitrogens with zero attached hydrogens (tertiary/aromatic N) is 2. The molecule has 0 saturated heterocycles. The van der Waals surface area contributed by atoms with Crippen LogP contribution in [0.3, 0.4) is 0 Å². The monoisotopic (exact) mass is 196 g/mol. The van der Waals surface area contributed by atoms with Gasteiger partial charge in [0.25, 0.3) is 0 Å². The summed E-state index contributed by atoms with van der Waals surface area (Å²) >= 11 is 0. The minimum absolute atomic E-state index is 0.0444. The van der Waals surface area contributed by atoms with Gasteiger partial charge in [-0.05, 0) is 6.42 Å². The molecule has 4 nitrogen and oxygen atoms in total. The van der Waals surface area contributed by atoms with Crippen molar-refractivity contribution in [1.82, 2.24) is 9.66 Å². The first-order valence-corrected chi connectivity index (χ1v) is 5.00. The van der Waals surface area contributed by atoms with E-state index in [1.807, 2.05) is 0 Å². The fraction of sp³-hybridized carbons (Fsp3) is 0.700. The maximum Gasteiger partial charge on any atom is 0.146 e. The van der Waals surface area contributed by atoms with E-state index >= 15 is 0 Å². The molecule has 4 heteroatoms. The standard InChI is InChI=1S/C10H20N4/c1-5-6-7-13-8(10(2,3)4)9(11)14(7)12/h5-6,11-12H2,1-4H3. The quantitative estimate of drug-likeness (QED) is 0.703. The molecule has 0 aliphatic rings. The van der Waals surface area contributed by atoms with Crippen molar-refractivity contribution in [1.29, 1.82) is 0 Å². The Balaban J connectivity index is 3.15. The summed E-state index contributed by atoms with van der Waals surface area (Å²) in [5.74, 6) is 7.27. The summed E-state index contributed by atoms with van der Waals surface area (Å²) in [5, 5.41) is 0. The van der Waals surface area contributed by atoms with E-state index in [-0.39, 0.29) is 5.41 Å². The second kappa shape index (κ2) is 3.52. The average Bonchev–Trinajstić information content (AvgIpc) is 2.32. The number of hydrogen-bond donors (Lipinski definition) is 2. The van der Waals surface area contributed by atoms with E-state index in [0.29, 0.717) is 5.82 Å². The van der Waals surface area contributed by atoms with E-state index in [4.69, 9.17) is 11.6 Å².